The average Bonchev–Trinajstić information content (AvgIpc) is 2.28. The number of hydrogen-bond donors (Lipinski definition) is 1. The molecule has 0 spiro atoms. The van der Waals surface area contributed by atoms with Crippen LogP contribution in [0.2, 0.25) is 0 Å². The molecule has 0 saturated heterocycles. The molecule has 0 aromatic rings. The van der Waals surface area contributed by atoms with Crippen molar-refractivity contribution in [2.45, 2.75) is 64.5 Å². The van der Waals surface area contributed by atoms with Crippen LogP contribution in [-0.2, 0) is 0 Å². The standard InChI is InChI=1S/C13H27NO/c1-5-11-6-8-12(9-7-11)14(4)13(2,3)10-15/h11-12,15H,5-10H2,1-4H3. The second-order valence-corrected chi connectivity index (χ2v) is 5.66. The van der Waals surface area contributed by atoms with Gasteiger partial charge in [-0.25, -0.2) is 0 Å². The Hall–Kier alpha value is -0.0800. The normalized spacial score (nSPS) is 28.4. The van der Waals surface area contributed by atoms with Gasteiger partial charge in [0, 0.05) is 11.6 Å². The summed E-state index contributed by atoms with van der Waals surface area (Å²) in [6.07, 6.45) is 6.68. The fourth-order valence-electron chi connectivity index (χ4n) is 2.55. The van der Waals surface area contributed by atoms with Gasteiger partial charge in [0.25, 0.3) is 0 Å². The highest BCUT2D eigenvalue weighted by Crippen LogP contribution is 2.31. The molecule has 0 amide bonds. The molecule has 2 heteroatoms. The summed E-state index contributed by atoms with van der Waals surface area (Å²) in [5.41, 5.74) is -0.0658. The minimum atomic E-state index is -0.0658. The van der Waals surface area contributed by atoms with E-state index in [1.54, 1.807) is 0 Å². The highest BCUT2D eigenvalue weighted by molar-refractivity contribution is 4.86. The lowest BCUT2D eigenvalue weighted by molar-refractivity contribution is 0.0255. The quantitative estimate of drug-likeness (QED) is 0.776. The summed E-state index contributed by atoms with van der Waals surface area (Å²) in [4.78, 5) is 2.37. The Morgan fingerprint density at radius 2 is 1.73 bits per heavy atom. The Bertz CT molecular complexity index is 183. The van der Waals surface area contributed by atoms with Gasteiger partial charge < -0.3 is 5.11 Å². The lowest BCUT2D eigenvalue weighted by Crippen LogP contribution is -2.50. The van der Waals surface area contributed by atoms with Crippen LogP contribution in [0.1, 0.15) is 52.9 Å². The van der Waals surface area contributed by atoms with Gasteiger partial charge in [-0.1, -0.05) is 13.3 Å². The van der Waals surface area contributed by atoms with Gasteiger partial charge in [0.2, 0.25) is 0 Å². The smallest absolute Gasteiger partial charge is 0.0610 e. The summed E-state index contributed by atoms with van der Waals surface area (Å²) >= 11 is 0. The first-order chi connectivity index (χ1) is 7.01. The second-order valence-electron chi connectivity index (χ2n) is 5.66. The largest absolute Gasteiger partial charge is 0.394 e. The lowest BCUT2D eigenvalue weighted by Gasteiger charge is -2.43. The predicted octanol–water partition coefficient (Wildman–Crippen LogP) is 2.66. The molecule has 0 aromatic carbocycles. The Kier molecular flexibility index (Phi) is 4.60. The summed E-state index contributed by atoms with van der Waals surface area (Å²) in [5, 5.41) is 9.35. The summed E-state index contributed by atoms with van der Waals surface area (Å²) in [6.45, 7) is 6.79. The zero-order valence-corrected chi connectivity index (χ0v) is 10.8. The number of likely N-dealkylation sites (N-methyl/N-ethyl adjacent to an activating group) is 1. The van der Waals surface area contributed by atoms with Crippen molar-refractivity contribution in [3.8, 4) is 0 Å². The van der Waals surface area contributed by atoms with Crippen molar-refractivity contribution in [3.05, 3.63) is 0 Å². The lowest BCUT2D eigenvalue weighted by atomic mass is 9.83. The van der Waals surface area contributed by atoms with Crippen LogP contribution in [0.5, 0.6) is 0 Å². The van der Waals surface area contributed by atoms with Crippen LogP contribution < -0.4 is 0 Å². The Morgan fingerprint density at radius 1 is 1.20 bits per heavy atom. The number of aliphatic hydroxyl groups is 1. The highest BCUT2D eigenvalue weighted by Gasteiger charge is 2.31. The minimum absolute atomic E-state index is 0.0658. The third-order valence-electron chi connectivity index (χ3n) is 4.28. The molecule has 1 rings (SSSR count). The van der Waals surface area contributed by atoms with Crippen molar-refractivity contribution in [1.29, 1.82) is 0 Å². The molecular formula is C13H27NO. The first-order valence-electron chi connectivity index (χ1n) is 6.35. The SMILES string of the molecule is CCC1CCC(N(C)C(C)(C)CO)CC1. The molecule has 1 saturated carbocycles. The molecule has 0 atom stereocenters. The molecule has 15 heavy (non-hydrogen) atoms. The summed E-state index contributed by atoms with van der Waals surface area (Å²) in [7, 11) is 2.16. The van der Waals surface area contributed by atoms with Crippen LogP contribution in [0.25, 0.3) is 0 Å². The monoisotopic (exact) mass is 213 g/mol. The fourth-order valence-corrected chi connectivity index (χ4v) is 2.55. The van der Waals surface area contributed by atoms with Crippen LogP contribution in [0.4, 0.5) is 0 Å². The number of rotatable bonds is 4. The fraction of sp³-hybridized carbons (Fsp3) is 1.00. The second kappa shape index (κ2) is 5.31. The number of nitrogens with zero attached hydrogens (tertiary/aromatic N) is 1. The van der Waals surface area contributed by atoms with Crippen LogP contribution in [0.3, 0.4) is 0 Å². The summed E-state index contributed by atoms with van der Waals surface area (Å²) in [5.74, 6) is 0.951. The van der Waals surface area contributed by atoms with E-state index < -0.39 is 0 Å². The molecule has 1 N–H and O–H groups in total. The van der Waals surface area contributed by atoms with E-state index in [1.807, 2.05) is 0 Å². The van der Waals surface area contributed by atoms with Crippen LogP contribution in [-0.4, -0.2) is 35.2 Å². The van der Waals surface area contributed by atoms with Gasteiger partial charge in [-0.3, -0.25) is 4.90 Å². The number of hydrogen-bond acceptors (Lipinski definition) is 2. The van der Waals surface area contributed by atoms with Gasteiger partial charge in [0.05, 0.1) is 6.61 Å². The van der Waals surface area contributed by atoms with E-state index in [0.717, 1.165) is 5.92 Å². The first-order valence-corrected chi connectivity index (χ1v) is 6.35. The van der Waals surface area contributed by atoms with Crippen LogP contribution >= 0.6 is 0 Å². The van der Waals surface area contributed by atoms with Crippen LogP contribution in [0, 0.1) is 5.92 Å². The molecule has 1 aliphatic carbocycles. The third kappa shape index (κ3) is 3.18. The molecule has 0 heterocycles. The van der Waals surface area contributed by atoms with Gasteiger partial charge in [-0.15, -0.1) is 0 Å². The molecule has 0 bridgehead atoms. The van der Waals surface area contributed by atoms with E-state index >= 15 is 0 Å². The molecule has 0 aliphatic heterocycles. The molecule has 2 nitrogen and oxygen atoms in total. The van der Waals surface area contributed by atoms with Gasteiger partial charge in [-0.2, -0.15) is 0 Å². The van der Waals surface area contributed by atoms with E-state index in [2.05, 4.69) is 32.7 Å². The van der Waals surface area contributed by atoms with E-state index in [4.69, 9.17) is 0 Å². The van der Waals surface area contributed by atoms with Crippen LogP contribution in [0.15, 0.2) is 0 Å². The molecule has 1 aliphatic rings. The van der Waals surface area contributed by atoms with Crippen molar-refractivity contribution in [1.82, 2.24) is 4.90 Å². The molecule has 0 aromatic heterocycles. The zero-order valence-electron chi connectivity index (χ0n) is 10.8. The summed E-state index contributed by atoms with van der Waals surface area (Å²) in [6, 6.07) is 0.676. The Labute approximate surface area is 94.7 Å². The van der Waals surface area contributed by atoms with E-state index in [1.165, 1.54) is 32.1 Å². The first kappa shape index (κ1) is 13.0. The van der Waals surface area contributed by atoms with Crippen molar-refractivity contribution < 1.29 is 5.11 Å². The zero-order chi connectivity index (χ0) is 11.5. The van der Waals surface area contributed by atoms with E-state index in [9.17, 15) is 5.11 Å². The van der Waals surface area contributed by atoms with Crippen molar-refractivity contribution in [2.75, 3.05) is 13.7 Å². The molecule has 0 radical (unpaired) electrons. The minimum Gasteiger partial charge on any atom is -0.394 e. The van der Waals surface area contributed by atoms with Gasteiger partial charge in [0.15, 0.2) is 0 Å². The van der Waals surface area contributed by atoms with E-state index in [0.29, 0.717) is 6.04 Å². The maximum absolute atomic E-state index is 9.35. The third-order valence-corrected chi connectivity index (χ3v) is 4.28. The van der Waals surface area contributed by atoms with Gasteiger partial charge in [-0.05, 0) is 52.5 Å². The summed E-state index contributed by atoms with van der Waals surface area (Å²) < 4.78 is 0. The number of aliphatic hydroxyl groups excluding tert-OH is 1. The molecule has 1 fully saturated rings. The van der Waals surface area contributed by atoms with Gasteiger partial charge >= 0.3 is 0 Å². The molecule has 0 unspecified atom stereocenters. The van der Waals surface area contributed by atoms with Crippen molar-refractivity contribution in [2.24, 2.45) is 5.92 Å². The van der Waals surface area contributed by atoms with Crippen molar-refractivity contribution in [3.63, 3.8) is 0 Å². The molecular weight excluding hydrogens is 186 g/mol. The average molecular weight is 213 g/mol. The maximum Gasteiger partial charge on any atom is 0.0610 e. The van der Waals surface area contributed by atoms with Gasteiger partial charge in [0.1, 0.15) is 0 Å². The Morgan fingerprint density at radius 3 is 2.13 bits per heavy atom. The topological polar surface area (TPSA) is 23.5 Å². The maximum atomic E-state index is 9.35. The Balaban J connectivity index is 2.46. The van der Waals surface area contributed by atoms with Crippen molar-refractivity contribution >= 4 is 0 Å². The van der Waals surface area contributed by atoms with E-state index in [-0.39, 0.29) is 12.1 Å². The molecule has 90 valence electrons. The highest BCUT2D eigenvalue weighted by atomic mass is 16.3. The predicted molar refractivity (Wildman–Crippen MR) is 65.0 cm³/mol.